The van der Waals surface area contributed by atoms with Crippen LogP contribution >= 0.6 is 0 Å². The van der Waals surface area contributed by atoms with Gasteiger partial charge in [-0.05, 0) is 26.1 Å². The zero-order valence-corrected chi connectivity index (χ0v) is 14.7. The highest BCUT2D eigenvalue weighted by Gasteiger charge is 2.54. The quantitative estimate of drug-likeness (QED) is 0.780. The summed E-state index contributed by atoms with van der Waals surface area (Å²) in [4.78, 5) is 14.0. The zero-order valence-electron chi connectivity index (χ0n) is 14.7. The van der Waals surface area contributed by atoms with Crippen LogP contribution in [0.25, 0.3) is 5.65 Å². The average molecular weight is 337 g/mol. The second-order valence-corrected chi connectivity index (χ2v) is 7.71. The van der Waals surface area contributed by atoms with Crippen molar-refractivity contribution in [3.8, 4) is 0 Å². The van der Waals surface area contributed by atoms with Crippen molar-refractivity contribution in [1.82, 2.24) is 34.4 Å². The summed E-state index contributed by atoms with van der Waals surface area (Å²) in [5.41, 5.74) is 2.59. The highest BCUT2D eigenvalue weighted by atomic mass is 15.3. The predicted molar refractivity (Wildman–Crippen MR) is 94.3 cm³/mol. The molecule has 0 aromatic carbocycles. The number of nitrogens with one attached hydrogen (secondary N) is 1. The molecule has 25 heavy (non-hydrogen) atoms. The van der Waals surface area contributed by atoms with Crippen LogP contribution in [0.15, 0.2) is 30.6 Å². The summed E-state index contributed by atoms with van der Waals surface area (Å²) in [5, 5.41) is 7.47. The number of hydrogen-bond acceptors (Lipinski definition) is 5. The number of likely N-dealkylation sites (tertiary alicyclic amines) is 2. The minimum absolute atomic E-state index is 0.284. The Hall–Kier alpha value is -2.25. The largest absolute Gasteiger partial charge is 0.305 e. The number of H-pyrrole nitrogens is 1. The summed E-state index contributed by atoms with van der Waals surface area (Å²) >= 11 is 0. The summed E-state index contributed by atoms with van der Waals surface area (Å²) in [5.74, 6) is 2.31. The van der Waals surface area contributed by atoms with E-state index < -0.39 is 0 Å². The molecule has 2 fully saturated rings. The van der Waals surface area contributed by atoms with Crippen LogP contribution in [0.1, 0.15) is 23.3 Å². The number of hydrogen-bond donors (Lipinski definition) is 1. The third-order valence-electron chi connectivity index (χ3n) is 5.72. The van der Waals surface area contributed by atoms with E-state index in [1.54, 1.807) is 0 Å². The van der Waals surface area contributed by atoms with Gasteiger partial charge in [-0.2, -0.15) is 5.10 Å². The van der Waals surface area contributed by atoms with Crippen LogP contribution in [-0.4, -0.2) is 67.6 Å². The Bertz CT molecular complexity index is 905. The van der Waals surface area contributed by atoms with E-state index in [0.29, 0.717) is 5.92 Å². The maximum atomic E-state index is 4.62. The second kappa shape index (κ2) is 5.37. The first-order valence-electron chi connectivity index (χ1n) is 8.84. The number of fused-ring (bicyclic) bond motifs is 1. The van der Waals surface area contributed by atoms with Crippen molar-refractivity contribution < 1.29 is 0 Å². The normalized spacial score (nSPS) is 23.5. The Kier molecular flexibility index (Phi) is 3.23. The SMILES string of the molecule is Cc1nc(C2CN(C)CC23CN(Cc2cccc4nccn24)C3)n[nH]1. The minimum atomic E-state index is 0.284. The van der Waals surface area contributed by atoms with Gasteiger partial charge in [0, 0.05) is 62.1 Å². The smallest absolute Gasteiger partial charge is 0.155 e. The monoisotopic (exact) mass is 337 g/mol. The fourth-order valence-electron chi connectivity index (χ4n) is 4.73. The fraction of sp³-hybridized carbons (Fsp3) is 0.500. The van der Waals surface area contributed by atoms with Crippen LogP contribution < -0.4 is 0 Å². The number of aromatic nitrogens is 5. The van der Waals surface area contributed by atoms with E-state index in [4.69, 9.17) is 0 Å². The fourth-order valence-corrected chi connectivity index (χ4v) is 4.73. The Morgan fingerprint density at radius 3 is 2.96 bits per heavy atom. The zero-order chi connectivity index (χ0) is 17.0. The van der Waals surface area contributed by atoms with Crippen LogP contribution in [0.4, 0.5) is 0 Å². The Balaban J connectivity index is 1.35. The first-order chi connectivity index (χ1) is 12.1. The van der Waals surface area contributed by atoms with Crippen LogP contribution in [0.2, 0.25) is 0 Å². The molecule has 0 saturated carbocycles. The van der Waals surface area contributed by atoms with Gasteiger partial charge in [-0.15, -0.1) is 0 Å². The van der Waals surface area contributed by atoms with Crippen molar-refractivity contribution in [2.24, 2.45) is 5.41 Å². The molecule has 0 radical (unpaired) electrons. The second-order valence-electron chi connectivity index (χ2n) is 7.71. The van der Waals surface area contributed by atoms with Crippen LogP contribution in [0.3, 0.4) is 0 Å². The molecule has 1 N–H and O–H groups in total. The summed E-state index contributed by atoms with van der Waals surface area (Å²) in [6.07, 6.45) is 3.91. The lowest BCUT2D eigenvalue weighted by molar-refractivity contribution is -0.0104. The van der Waals surface area contributed by atoms with E-state index in [9.17, 15) is 0 Å². The number of aryl methyl sites for hydroxylation is 1. The molecule has 2 aliphatic rings. The lowest BCUT2D eigenvalue weighted by Gasteiger charge is -2.50. The van der Waals surface area contributed by atoms with Gasteiger partial charge in [-0.1, -0.05) is 6.07 Å². The lowest BCUT2D eigenvalue weighted by Crippen LogP contribution is -2.59. The van der Waals surface area contributed by atoms with Crippen molar-refractivity contribution in [2.75, 3.05) is 33.2 Å². The Labute approximate surface area is 146 Å². The molecule has 0 amide bonds. The molecule has 5 heterocycles. The van der Waals surface area contributed by atoms with E-state index >= 15 is 0 Å². The first-order valence-corrected chi connectivity index (χ1v) is 8.84. The topological polar surface area (TPSA) is 65.3 Å². The molecule has 0 bridgehead atoms. The highest BCUT2D eigenvalue weighted by molar-refractivity contribution is 5.39. The number of nitrogens with zero attached hydrogens (tertiary/aromatic N) is 6. The van der Waals surface area contributed by atoms with Gasteiger partial charge in [0.2, 0.25) is 0 Å². The average Bonchev–Trinajstić information content (AvgIpc) is 3.25. The van der Waals surface area contributed by atoms with Gasteiger partial charge in [0.05, 0.1) is 0 Å². The van der Waals surface area contributed by atoms with Gasteiger partial charge >= 0.3 is 0 Å². The van der Waals surface area contributed by atoms with Gasteiger partial charge in [0.1, 0.15) is 11.5 Å². The number of pyridine rings is 1. The molecule has 1 unspecified atom stereocenters. The molecule has 5 rings (SSSR count). The van der Waals surface area contributed by atoms with E-state index in [2.05, 4.69) is 59.6 Å². The first kappa shape index (κ1) is 15.0. The van der Waals surface area contributed by atoms with E-state index in [1.165, 1.54) is 5.69 Å². The van der Waals surface area contributed by atoms with Crippen molar-refractivity contribution in [3.63, 3.8) is 0 Å². The Morgan fingerprint density at radius 2 is 2.16 bits per heavy atom. The van der Waals surface area contributed by atoms with Gasteiger partial charge in [-0.25, -0.2) is 9.97 Å². The molecule has 3 aromatic heterocycles. The Morgan fingerprint density at radius 1 is 1.28 bits per heavy atom. The molecular formula is C18H23N7. The van der Waals surface area contributed by atoms with Gasteiger partial charge < -0.3 is 9.30 Å². The third-order valence-corrected chi connectivity index (χ3v) is 5.72. The molecule has 2 saturated heterocycles. The van der Waals surface area contributed by atoms with Gasteiger partial charge in [-0.3, -0.25) is 10.00 Å². The maximum Gasteiger partial charge on any atom is 0.155 e. The summed E-state index contributed by atoms with van der Waals surface area (Å²) < 4.78 is 2.18. The van der Waals surface area contributed by atoms with Crippen molar-refractivity contribution in [2.45, 2.75) is 19.4 Å². The number of imidazole rings is 1. The molecule has 7 heteroatoms. The molecule has 7 nitrogen and oxygen atoms in total. The molecule has 0 aliphatic carbocycles. The predicted octanol–water partition coefficient (Wildman–Crippen LogP) is 1.29. The van der Waals surface area contributed by atoms with E-state index in [0.717, 1.165) is 50.0 Å². The summed E-state index contributed by atoms with van der Waals surface area (Å²) in [7, 11) is 2.20. The number of rotatable bonds is 3. The van der Waals surface area contributed by atoms with Crippen LogP contribution in [0.5, 0.6) is 0 Å². The van der Waals surface area contributed by atoms with Crippen molar-refractivity contribution in [1.29, 1.82) is 0 Å². The van der Waals surface area contributed by atoms with Crippen molar-refractivity contribution in [3.05, 3.63) is 47.9 Å². The molecule has 3 aromatic rings. The number of aromatic amines is 1. The summed E-state index contributed by atoms with van der Waals surface area (Å²) in [6.45, 7) is 7.29. The summed E-state index contributed by atoms with van der Waals surface area (Å²) in [6, 6.07) is 6.33. The van der Waals surface area contributed by atoms with Crippen LogP contribution in [0, 0.1) is 12.3 Å². The molecule has 130 valence electrons. The molecule has 2 aliphatic heterocycles. The molecule has 1 atom stereocenters. The standard InChI is InChI=1S/C18H23N7/c1-13-20-17(22-21-13)15-9-23(2)10-18(15)11-24(12-18)8-14-4-3-5-16-19-6-7-25(14)16/h3-7,15H,8-12H2,1-2H3,(H,20,21,22). The lowest BCUT2D eigenvalue weighted by atomic mass is 9.71. The highest BCUT2D eigenvalue weighted by Crippen LogP contribution is 2.48. The molecular weight excluding hydrogens is 314 g/mol. The van der Waals surface area contributed by atoms with E-state index in [-0.39, 0.29) is 5.41 Å². The molecule has 1 spiro atoms. The van der Waals surface area contributed by atoms with Crippen LogP contribution in [-0.2, 0) is 6.54 Å². The number of likely N-dealkylation sites (N-methyl/N-ethyl adjacent to an activating group) is 1. The maximum absolute atomic E-state index is 4.62. The van der Waals surface area contributed by atoms with Gasteiger partial charge in [0.15, 0.2) is 5.82 Å². The van der Waals surface area contributed by atoms with E-state index in [1.807, 2.05) is 19.3 Å². The van der Waals surface area contributed by atoms with Crippen molar-refractivity contribution >= 4 is 5.65 Å². The minimum Gasteiger partial charge on any atom is -0.305 e. The van der Waals surface area contributed by atoms with Gasteiger partial charge in [0.25, 0.3) is 0 Å². The third kappa shape index (κ3) is 2.38.